The van der Waals surface area contributed by atoms with Crippen molar-refractivity contribution in [1.82, 2.24) is 20.9 Å². The van der Waals surface area contributed by atoms with Gasteiger partial charge < -0.3 is 26.6 Å². The van der Waals surface area contributed by atoms with E-state index in [0.717, 1.165) is 78.0 Å². The van der Waals surface area contributed by atoms with Gasteiger partial charge in [-0.25, -0.2) is 0 Å². The molecular weight excluding hydrogens is 518 g/mol. The second kappa shape index (κ2) is 36.5. The molecule has 6 nitrogen and oxygen atoms in total. The van der Waals surface area contributed by atoms with Crippen LogP contribution in [0.3, 0.4) is 0 Å². The number of amides is 1. The van der Waals surface area contributed by atoms with Crippen molar-refractivity contribution in [2.24, 2.45) is 5.73 Å². The highest BCUT2D eigenvalue weighted by Crippen LogP contribution is 2.13. The van der Waals surface area contributed by atoms with Gasteiger partial charge in [0.2, 0.25) is 5.91 Å². The molecule has 0 spiro atoms. The Hall–Kier alpha value is -0.690. The summed E-state index contributed by atoms with van der Waals surface area (Å²) in [6, 6.07) is 0. The van der Waals surface area contributed by atoms with Crippen LogP contribution in [0.4, 0.5) is 0 Å². The van der Waals surface area contributed by atoms with Gasteiger partial charge in [-0.3, -0.25) is 4.79 Å². The molecule has 0 saturated carbocycles. The Labute approximate surface area is 263 Å². The second-order valence-electron chi connectivity index (χ2n) is 12.6. The van der Waals surface area contributed by atoms with Gasteiger partial charge in [0.05, 0.1) is 6.54 Å². The molecule has 0 saturated heterocycles. The first kappa shape index (κ1) is 41.3. The lowest BCUT2D eigenvalue weighted by Gasteiger charge is -2.23. The minimum Gasteiger partial charge on any atom is -0.342 e. The smallest absolute Gasteiger partial charge is 0.236 e. The average Bonchev–Trinajstić information content (AvgIpc) is 3.00. The highest BCUT2D eigenvalue weighted by atomic mass is 16.2. The van der Waals surface area contributed by atoms with Gasteiger partial charge in [0.1, 0.15) is 0 Å². The Morgan fingerprint density at radius 2 is 0.810 bits per heavy atom. The number of nitrogens with two attached hydrogens (primary N) is 1. The maximum atomic E-state index is 13.1. The fraction of sp³-hybridized carbons (Fsp3) is 0.972. The van der Waals surface area contributed by atoms with Crippen LogP contribution in [0.15, 0.2) is 0 Å². The van der Waals surface area contributed by atoms with Gasteiger partial charge in [0.25, 0.3) is 0 Å². The largest absolute Gasteiger partial charge is 0.342 e. The molecule has 0 bridgehead atoms. The van der Waals surface area contributed by atoms with Gasteiger partial charge in [0, 0.05) is 13.1 Å². The number of carbonyl (C=O) groups is 1. The molecule has 0 aliphatic heterocycles. The summed E-state index contributed by atoms with van der Waals surface area (Å²) in [5.41, 5.74) is 5.52. The van der Waals surface area contributed by atoms with Crippen molar-refractivity contribution in [2.45, 2.75) is 168 Å². The third-order valence-corrected chi connectivity index (χ3v) is 8.41. The van der Waals surface area contributed by atoms with Gasteiger partial charge in [0.15, 0.2) is 0 Å². The molecule has 5 N–H and O–H groups in total. The molecule has 0 aliphatic carbocycles. The van der Waals surface area contributed by atoms with Crippen LogP contribution in [0.1, 0.15) is 168 Å². The van der Waals surface area contributed by atoms with Crippen LogP contribution >= 0.6 is 0 Å². The fourth-order valence-electron chi connectivity index (χ4n) is 5.56. The van der Waals surface area contributed by atoms with Crippen molar-refractivity contribution >= 4 is 5.91 Å². The predicted molar refractivity (Wildman–Crippen MR) is 186 cm³/mol. The molecule has 0 unspecified atom stereocenters. The standard InChI is InChI=1S/C36H77N5O/c1-3-5-7-9-11-13-15-17-19-23-33-41(34-24-20-18-16-14-12-10-8-6-4-2)36(42)35-40-32-26-31-39-29-22-21-28-38-30-25-27-37/h38-40H,3-35,37H2,1-2H3. The van der Waals surface area contributed by atoms with Gasteiger partial charge in [-0.05, 0) is 77.8 Å². The molecule has 0 aromatic heterocycles. The molecule has 0 radical (unpaired) electrons. The molecule has 252 valence electrons. The van der Waals surface area contributed by atoms with Gasteiger partial charge >= 0.3 is 0 Å². The van der Waals surface area contributed by atoms with Crippen molar-refractivity contribution < 1.29 is 4.79 Å². The minimum absolute atomic E-state index is 0.303. The first-order chi connectivity index (χ1) is 20.8. The summed E-state index contributed by atoms with van der Waals surface area (Å²) in [5.74, 6) is 0.303. The van der Waals surface area contributed by atoms with Gasteiger partial charge in [-0.2, -0.15) is 0 Å². The number of unbranched alkanes of at least 4 members (excludes halogenated alkanes) is 19. The third kappa shape index (κ3) is 32.2. The summed E-state index contributed by atoms with van der Waals surface area (Å²) in [5, 5.41) is 10.4. The highest BCUT2D eigenvalue weighted by Gasteiger charge is 2.12. The maximum Gasteiger partial charge on any atom is 0.236 e. The van der Waals surface area contributed by atoms with Crippen molar-refractivity contribution in [1.29, 1.82) is 0 Å². The van der Waals surface area contributed by atoms with Gasteiger partial charge in [-0.15, -0.1) is 0 Å². The molecule has 0 aromatic carbocycles. The van der Waals surface area contributed by atoms with Crippen molar-refractivity contribution in [3.05, 3.63) is 0 Å². The first-order valence-corrected chi connectivity index (χ1v) is 18.9. The topological polar surface area (TPSA) is 82.4 Å². The first-order valence-electron chi connectivity index (χ1n) is 18.9. The van der Waals surface area contributed by atoms with E-state index in [-0.39, 0.29) is 0 Å². The zero-order valence-electron chi connectivity index (χ0n) is 28.8. The molecule has 0 fully saturated rings. The van der Waals surface area contributed by atoms with Crippen molar-refractivity contribution in [2.75, 3.05) is 58.9 Å². The lowest BCUT2D eigenvalue weighted by atomic mass is 10.1. The van der Waals surface area contributed by atoms with E-state index in [1.165, 1.54) is 128 Å². The number of nitrogens with one attached hydrogen (secondary N) is 3. The second-order valence-corrected chi connectivity index (χ2v) is 12.6. The van der Waals surface area contributed by atoms with Crippen LogP contribution in [-0.4, -0.2) is 69.7 Å². The molecule has 0 atom stereocenters. The van der Waals surface area contributed by atoms with E-state index in [4.69, 9.17) is 5.73 Å². The van der Waals surface area contributed by atoms with E-state index in [2.05, 4.69) is 34.7 Å². The Balaban J connectivity index is 4.03. The van der Waals surface area contributed by atoms with Crippen LogP contribution in [0.5, 0.6) is 0 Å². The normalized spacial score (nSPS) is 11.4. The number of rotatable bonds is 36. The van der Waals surface area contributed by atoms with Gasteiger partial charge in [-0.1, -0.05) is 129 Å². The van der Waals surface area contributed by atoms with E-state index >= 15 is 0 Å². The summed E-state index contributed by atoms with van der Waals surface area (Å²) in [6.45, 7) is 12.8. The average molecular weight is 596 g/mol. The SMILES string of the molecule is CCCCCCCCCCCCN(CCCCCCCCCCCC)C(=O)CNCCCNCCCCNCCCN. The molecule has 0 heterocycles. The number of carbonyl (C=O) groups excluding carboxylic acids is 1. The van der Waals surface area contributed by atoms with E-state index < -0.39 is 0 Å². The fourth-order valence-corrected chi connectivity index (χ4v) is 5.56. The van der Waals surface area contributed by atoms with E-state index in [0.29, 0.717) is 12.5 Å². The predicted octanol–water partition coefficient (Wildman–Crippen LogP) is 7.94. The van der Waals surface area contributed by atoms with Crippen LogP contribution in [0.2, 0.25) is 0 Å². The van der Waals surface area contributed by atoms with Crippen LogP contribution < -0.4 is 21.7 Å². The minimum atomic E-state index is 0.303. The molecule has 0 aromatic rings. The summed E-state index contributed by atoms with van der Waals surface area (Å²) in [4.78, 5) is 15.2. The number of hydrogen-bond acceptors (Lipinski definition) is 5. The molecule has 1 amide bonds. The Morgan fingerprint density at radius 3 is 1.24 bits per heavy atom. The lowest BCUT2D eigenvalue weighted by Crippen LogP contribution is -2.40. The Kier molecular flexibility index (Phi) is 35.9. The van der Waals surface area contributed by atoms with Crippen molar-refractivity contribution in [3.8, 4) is 0 Å². The quantitative estimate of drug-likeness (QED) is 0.0553. The molecule has 0 rings (SSSR count). The van der Waals surface area contributed by atoms with Crippen LogP contribution in [0.25, 0.3) is 0 Å². The lowest BCUT2D eigenvalue weighted by molar-refractivity contribution is -0.130. The van der Waals surface area contributed by atoms with E-state index in [1.807, 2.05) is 0 Å². The molecule has 0 aliphatic rings. The molecule has 42 heavy (non-hydrogen) atoms. The summed E-state index contributed by atoms with van der Waals surface area (Å²) >= 11 is 0. The summed E-state index contributed by atoms with van der Waals surface area (Å²) in [6.07, 6.45) is 31.4. The number of nitrogens with zero attached hydrogens (tertiary/aromatic N) is 1. The van der Waals surface area contributed by atoms with E-state index in [9.17, 15) is 4.79 Å². The Bertz CT molecular complexity index is 495. The summed E-state index contributed by atoms with van der Waals surface area (Å²) < 4.78 is 0. The monoisotopic (exact) mass is 596 g/mol. The Morgan fingerprint density at radius 1 is 0.452 bits per heavy atom. The zero-order valence-corrected chi connectivity index (χ0v) is 28.8. The van der Waals surface area contributed by atoms with E-state index in [1.54, 1.807) is 0 Å². The highest BCUT2D eigenvalue weighted by molar-refractivity contribution is 5.78. The maximum absolute atomic E-state index is 13.1. The number of hydrogen-bond donors (Lipinski definition) is 4. The van der Waals surface area contributed by atoms with Crippen molar-refractivity contribution in [3.63, 3.8) is 0 Å². The van der Waals surface area contributed by atoms with Crippen LogP contribution in [0, 0.1) is 0 Å². The summed E-state index contributed by atoms with van der Waals surface area (Å²) in [7, 11) is 0. The van der Waals surface area contributed by atoms with Crippen LogP contribution in [-0.2, 0) is 4.79 Å². The third-order valence-electron chi connectivity index (χ3n) is 8.41. The zero-order chi connectivity index (χ0) is 30.6. The molecule has 6 heteroatoms. The molecular formula is C36H77N5O.